The molecule has 94 valence electrons. The number of ether oxygens (including phenoxy) is 1. The summed E-state index contributed by atoms with van der Waals surface area (Å²) in [6.45, 7) is 0. The predicted molar refractivity (Wildman–Crippen MR) is 66.7 cm³/mol. The second-order valence-electron chi connectivity index (χ2n) is 3.80. The predicted octanol–water partition coefficient (Wildman–Crippen LogP) is 1.24. The van der Waals surface area contributed by atoms with E-state index in [2.05, 4.69) is 20.2 Å². The smallest absolute Gasteiger partial charge is 0.272 e. The van der Waals surface area contributed by atoms with Crippen molar-refractivity contribution in [1.82, 2.24) is 20.2 Å². The van der Waals surface area contributed by atoms with Gasteiger partial charge < -0.3 is 10.5 Å². The van der Waals surface area contributed by atoms with E-state index in [-0.39, 0.29) is 11.6 Å². The van der Waals surface area contributed by atoms with Gasteiger partial charge in [0.1, 0.15) is 5.75 Å². The maximum absolute atomic E-state index is 11.2. The molecule has 2 aromatic heterocycles. The topological polar surface area (TPSA) is 107 Å². The van der Waals surface area contributed by atoms with Gasteiger partial charge in [-0.15, -0.1) is 0 Å². The molecule has 1 amide bonds. The maximum Gasteiger partial charge on any atom is 0.272 e. The standard InChI is InChI=1S/C12H9N5O2/c13-11(18)10-12(15-4-3-14-10)19-8-2-1-7-6-16-17-9(7)5-8/h1-6H,(H2,13,18)(H,16,17). The highest BCUT2D eigenvalue weighted by molar-refractivity contribution is 5.93. The van der Waals surface area contributed by atoms with E-state index in [4.69, 9.17) is 10.5 Å². The zero-order valence-corrected chi connectivity index (χ0v) is 9.70. The first kappa shape index (κ1) is 11.1. The molecule has 0 unspecified atom stereocenters. The molecule has 7 heteroatoms. The number of primary amides is 1. The number of H-pyrrole nitrogens is 1. The molecule has 1 aromatic carbocycles. The fraction of sp³-hybridized carbons (Fsp3) is 0. The van der Waals surface area contributed by atoms with Crippen LogP contribution in [0.3, 0.4) is 0 Å². The fourth-order valence-electron chi connectivity index (χ4n) is 1.66. The summed E-state index contributed by atoms with van der Waals surface area (Å²) in [4.78, 5) is 19.0. The van der Waals surface area contributed by atoms with E-state index in [1.165, 1.54) is 12.4 Å². The molecule has 0 saturated heterocycles. The third-order valence-corrected chi connectivity index (χ3v) is 2.53. The van der Waals surface area contributed by atoms with Gasteiger partial charge in [0.15, 0.2) is 5.69 Å². The molecule has 0 bridgehead atoms. The molecule has 2 heterocycles. The molecule has 19 heavy (non-hydrogen) atoms. The lowest BCUT2D eigenvalue weighted by Crippen LogP contribution is -2.14. The molecule has 0 aliphatic carbocycles. The Labute approximate surface area is 107 Å². The molecule has 0 aliphatic rings. The molecule has 0 aliphatic heterocycles. The van der Waals surface area contributed by atoms with Gasteiger partial charge in [-0.3, -0.25) is 9.89 Å². The Kier molecular flexibility index (Phi) is 2.57. The van der Waals surface area contributed by atoms with Crippen molar-refractivity contribution in [2.24, 2.45) is 5.73 Å². The number of nitrogens with one attached hydrogen (secondary N) is 1. The molecule has 0 atom stereocenters. The van der Waals surface area contributed by atoms with Crippen LogP contribution in [-0.4, -0.2) is 26.1 Å². The van der Waals surface area contributed by atoms with Crippen molar-refractivity contribution in [3.63, 3.8) is 0 Å². The Hall–Kier alpha value is -2.96. The van der Waals surface area contributed by atoms with Crippen molar-refractivity contribution in [3.8, 4) is 11.6 Å². The van der Waals surface area contributed by atoms with Crippen LogP contribution in [0.25, 0.3) is 10.9 Å². The summed E-state index contributed by atoms with van der Waals surface area (Å²) in [5.41, 5.74) is 6.02. The van der Waals surface area contributed by atoms with Gasteiger partial charge in [0.25, 0.3) is 11.8 Å². The van der Waals surface area contributed by atoms with Gasteiger partial charge in [0.2, 0.25) is 0 Å². The second kappa shape index (κ2) is 4.37. The number of carbonyl (C=O) groups is 1. The molecule has 0 spiro atoms. The molecule has 0 saturated carbocycles. The molecule has 3 aromatic rings. The van der Waals surface area contributed by atoms with Crippen LogP contribution in [0, 0.1) is 0 Å². The van der Waals surface area contributed by atoms with Crippen molar-refractivity contribution in [2.75, 3.05) is 0 Å². The maximum atomic E-state index is 11.2. The molecular weight excluding hydrogens is 246 g/mol. The average molecular weight is 255 g/mol. The van der Waals surface area contributed by atoms with Crippen LogP contribution in [0.1, 0.15) is 10.5 Å². The summed E-state index contributed by atoms with van der Waals surface area (Å²) in [5.74, 6) is -0.0978. The third-order valence-electron chi connectivity index (χ3n) is 2.53. The van der Waals surface area contributed by atoms with E-state index in [1.807, 2.05) is 6.07 Å². The van der Waals surface area contributed by atoms with Gasteiger partial charge in [-0.1, -0.05) is 0 Å². The first-order chi connectivity index (χ1) is 9.24. The van der Waals surface area contributed by atoms with Gasteiger partial charge in [0.05, 0.1) is 11.7 Å². The van der Waals surface area contributed by atoms with Crippen LogP contribution in [-0.2, 0) is 0 Å². The zero-order chi connectivity index (χ0) is 13.2. The molecule has 3 N–H and O–H groups in total. The first-order valence-electron chi connectivity index (χ1n) is 5.46. The molecular formula is C12H9N5O2. The lowest BCUT2D eigenvalue weighted by atomic mass is 10.2. The molecule has 3 rings (SSSR count). The number of hydrogen-bond donors (Lipinski definition) is 2. The lowest BCUT2D eigenvalue weighted by molar-refractivity contribution is 0.0992. The second-order valence-corrected chi connectivity index (χ2v) is 3.80. The van der Waals surface area contributed by atoms with Gasteiger partial charge in [-0.05, 0) is 12.1 Å². The quantitative estimate of drug-likeness (QED) is 0.732. The van der Waals surface area contributed by atoms with Gasteiger partial charge >= 0.3 is 0 Å². The van der Waals surface area contributed by atoms with Gasteiger partial charge in [0, 0.05) is 23.8 Å². The number of nitrogens with two attached hydrogens (primary N) is 1. The SMILES string of the molecule is NC(=O)c1nccnc1Oc1ccc2cn[nH]c2c1. The number of amides is 1. The van der Waals surface area contributed by atoms with E-state index >= 15 is 0 Å². The Morgan fingerprint density at radius 2 is 2.11 bits per heavy atom. The highest BCUT2D eigenvalue weighted by atomic mass is 16.5. The van der Waals surface area contributed by atoms with Crippen LogP contribution >= 0.6 is 0 Å². The van der Waals surface area contributed by atoms with Gasteiger partial charge in [-0.2, -0.15) is 5.10 Å². The number of rotatable bonds is 3. The Bertz CT molecular complexity index is 752. The van der Waals surface area contributed by atoms with E-state index in [0.717, 1.165) is 10.9 Å². The monoisotopic (exact) mass is 255 g/mol. The number of hydrogen-bond acceptors (Lipinski definition) is 5. The fourth-order valence-corrected chi connectivity index (χ4v) is 1.66. The highest BCUT2D eigenvalue weighted by Gasteiger charge is 2.13. The molecule has 0 radical (unpaired) electrons. The van der Waals surface area contributed by atoms with Crippen LogP contribution in [0.15, 0.2) is 36.8 Å². The summed E-state index contributed by atoms with van der Waals surface area (Å²) in [6.07, 6.45) is 4.51. The minimum absolute atomic E-state index is 0.00722. The van der Waals surface area contributed by atoms with Crippen molar-refractivity contribution in [3.05, 3.63) is 42.5 Å². The average Bonchev–Trinajstić information content (AvgIpc) is 2.86. The van der Waals surface area contributed by atoms with Crippen molar-refractivity contribution in [2.45, 2.75) is 0 Å². The minimum Gasteiger partial charge on any atom is -0.437 e. The number of fused-ring (bicyclic) bond motifs is 1. The van der Waals surface area contributed by atoms with E-state index in [1.54, 1.807) is 18.3 Å². The number of nitrogens with zero attached hydrogens (tertiary/aromatic N) is 3. The van der Waals surface area contributed by atoms with Crippen molar-refractivity contribution in [1.29, 1.82) is 0 Å². The molecule has 0 fully saturated rings. The largest absolute Gasteiger partial charge is 0.437 e. The Balaban J connectivity index is 1.98. The normalized spacial score (nSPS) is 10.5. The van der Waals surface area contributed by atoms with Gasteiger partial charge in [-0.25, -0.2) is 9.97 Å². The molecule has 7 nitrogen and oxygen atoms in total. The van der Waals surface area contributed by atoms with E-state index < -0.39 is 5.91 Å². The van der Waals surface area contributed by atoms with E-state index in [9.17, 15) is 4.79 Å². The summed E-state index contributed by atoms with van der Waals surface area (Å²) in [7, 11) is 0. The Morgan fingerprint density at radius 3 is 2.95 bits per heavy atom. The summed E-state index contributed by atoms with van der Waals surface area (Å²) in [5, 5.41) is 7.70. The Morgan fingerprint density at radius 1 is 1.26 bits per heavy atom. The number of carbonyl (C=O) groups excluding carboxylic acids is 1. The van der Waals surface area contributed by atoms with Crippen LogP contribution in [0.4, 0.5) is 0 Å². The van der Waals surface area contributed by atoms with Crippen LogP contribution in [0.5, 0.6) is 11.6 Å². The summed E-state index contributed by atoms with van der Waals surface area (Å²) < 4.78 is 5.53. The van der Waals surface area contributed by atoms with Crippen molar-refractivity contribution >= 4 is 16.8 Å². The minimum atomic E-state index is -0.689. The number of aromatic nitrogens is 4. The third kappa shape index (κ3) is 2.08. The summed E-state index contributed by atoms with van der Waals surface area (Å²) in [6, 6.07) is 5.34. The lowest BCUT2D eigenvalue weighted by Gasteiger charge is -2.06. The highest BCUT2D eigenvalue weighted by Crippen LogP contribution is 2.24. The van der Waals surface area contributed by atoms with Crippen molar-refractivity contribution < 1.29 is 9.53 Å². The van der Waals surface area contributed by atoms with Crippen LogP contribution < -0.4 is 10.5 Å². The number of aromatic amines is 1. The summed E-state index contributed by atoms with van der Waals surface area (Å²) >= 11 is 0. The van der Waals surface area contributed by atoms with E-state index in [0.29, 0.717) is 5.75 Å². The number of benzene rings is 1. The zero-order valence-electron chi connectivity index (χ0n) is 9.70. The first-order valence-corrected chi connectivity index (χ1v) is 5.46. The van der Waals surface area contributed by atoms with Crippen LogP contribution in [0.2, 0.25) is 0 Å².